The number of hydrogen-bond donors (Lipinski definition) is 2. The lowest BCUT2D eigenvalue weighted by Gasteiger charge is -2.02. The molecule has 0 unspecified atom stereocenters. The molecule has 1 aromatic heterocycles. The quantitative estimate of drug-likeness (QED) is 0.706. The number of nitrogens with one attached hydrogen (secondary N) is 2. The van der Waals surface area contributed by atoms with Crippen LogP contribution in [0.25, 0.3) is 11.3 Å². The van der Waals surface area contributed by atoms with Gasteiger partial charge in [-0.2, -0.15) is 0 Å². The van der Waals surface area contributed by atoms with Gasteiger partial charge >= 0.3 is 0 Å². The summed E-state index contributed by atoms with van der Waals surface area (Å²) < 4.78 is 0. The summed E-state index contributed by atoms with van der Waals surface area (Å²) in [6, 6.07) is 7.68. The van der Waals surface area contributed by atoms with Gasteiger partial charge in [-0.05, 0) is 36.6 Å². The van der Waals surface area contributed by atoms with Crippen LogP contribution in [0.3, 0.4) is 0 Å². The van der Waals surface area contributed by atoms with Gasteiger partial charge in [0.1, 0.15) is 0 Å². The average molecular weight is 188 g/mol. The first-order valence-electron chi connectivity index (χ1n) is 4.52. The van der Waals surface area contributed by atoms with E-state index in [1.165, 1.54) is 11.1 Å². The molecular weight excluding hydrogens is 176 g/mol. The zero-order valence-corrected chi connectivity index (χ0v) is 8.22. The van der Waals surface area contributed by atoms with E-state index < -0.39 is 0 Å². The topological polar surface area (TPSA) is 48.6 Å². The molecule has 0 aliphatic heterocycles. The minimum atomic E-state index is -0.0989. The van der Waals surface area contributed by atoms with Crippen LogP contribution in [0.1, 0.15) is 11.1 Å². The van der Waals surface area contributed by atoms with Crippen molar-refractivity contribution in [2.24, 2.45) is 0 Å². The molecule has 0 amide bonds. The van der Waals surface area contributed by atoms with E-state index in [1.807, 2.05) is 6.07 Å². The molecule has 0 aliphatic rings. The maximum absolute atomic E-state index is 10.9. The van der Waals surface area contributed by atoms with Crippen LogP contribution in [0, 0.1) is 13.8 Å². The van der Waals surface area contributed by atoms with E-state index in [4.69, 9.17) is 0 Å². The van der Waals surface area contributed by atoms with Crippen molar-refractivity contribution < 1.29 is 0 Å². The minimum absolute atomic E-state index is 0.0989. The van der Waals surface area contributed by atoms with Gasteiger partial charge in [-0.25, -0.2) is 0 Å². The standard InChI is InChI=1S/C11H12N2O/c1-7-3-4-9(5-8(7)2)10-6-11(14)13-12-10/h3-6H,1-2H3,(H2,12,13,14). The number of aromatic amines is 2. The number of rotatable bonds is 1. The summed E-state index contributed by atoms with van der Waals surface area (Å²) in [4.78, 5) is 10.9. The second-order valence-corrected chi connectivity index (χ2v) is 3.47. The van der Waals surface area contributed by atoms with Gasteiger partial charge in [-0.3, -0.25) is 15.0 Å². The van der Waals surface area contributed by atoms with Crippen molar-refractivity contribution in [1.29, 1.82) is 0 Å². The number of H-pyrrole nitrogens is 2. The Kier molecular flexibility index (Phi) is 2.00. The van der Waals surface area contributed by atoms with Crippen LogP contribution in [-0.4, -0.2) is 10.2 Å². The molecule has 0 saturated carbocycles. The lowest BCUT2D eigenvalue weighted by Crippen LogP contribution is -1.93. The highest BCUT2D eigenvalue weighted by Crippen LogP contribution is 2.18. The summed E-state index contributed by atoms with van der Waals surface area (Å²) in [5.74, 6) is 0. The first-order chi connectivity index (χ1) is 6.66. The van der Waals surface area contributed by atoms with Crippen molar-refractivity contribution in [3.63, 3.8) is 0 Å². The summed E-state index contributed by atoms with van der Waals surface area (Å²) in [5.41, 5.74) is 4.25. The van der Waals surface area contributed by atoms with Crippen molar-refractivity contribution in [1.82, 2.24) is 10.2 Å². The molecule has 0 bridgehead atoms. The number of aryl methyl sites for hydroxylation is 2. The van der Waals surface area contributed by atoms with Crippen LogP contribution in [0.15, 0.2) is 29.1 Å². The fourth-order valence-electron chi connectivity index (χ4n) is 1.40. The predicted octanol–water partition coefficient (Wildman–Crippen LogP) is 1.99. The number of aromatic nitrogens is 2. The molecule has 1 heterocycles. The second-order valence-electron chi connectivity index (χ2n) is 3.47. The van der Waals surface area contributed by atoms with Crippen LogP contribution in [0.5, 0.6) is 0 Å². The molecule has 2 N–H and O–H groups in total. The second kappa shape index (κ2) is 3.18. The van der Waals surface area contributed by atoms with Gasteiger partial charge in [0.25, 0.3) is 5.56 Å². The van der Waals surface area contributed by atoms with Crippen molar-refractivity contribution in [3.05, 3.63) is 45.7 Å². The van der Waals surface area contributed by atoms with Gasteiger partial charge in [-0.1, -0.05) is 12.1 Å². The first-order valence-corrected chi connectivity index (χ1v) is 4.52. The number of benzene rings is 1. The van der Waals surface area contributed by atoms with Crippen LogP contribution >= 0.6 is 0 Å². The third-order valence-corrected chi connectivity index (χ3v) is 2.41. The highest BCUT2D eigenvalue weighted by Gasteiger charge is 2.01. The predicted molar refractivity (Wildman–Crippen MR) is 56.3 cm³/mol. The maximum atomic E-state index is 10.9. The summed E-state index contributed by atoms with van der Waals surface area (Å²) >= 11 is 0. The number of hydrogen-bond acceptors (Lipinski definition) is 1. The molecule has 14 heavy (non-hydrogen) atoms. The molecule has 0 saturated heterocycles. The summed E-state index contributed by atoms with van der Waals surface area (Å²) in [5, 5.41) is 5.35. The molecule has 72 valence electrons. The van der Waals surface area contributed by atoms with Crippen LogP contribution < -0.4 is 5.56 Å². The lowest BCUT2D eigenvalue weighted by atomic mass is 10.0. The van der Waals surface area contributed by atoms with E-state index in [-0.39, 0.29) is 5.56 Å². The van der Waals surface area contributed by atoms with E-state index in [2.05, 4.69) is 36.2 Å². The molecule has 2 rings (SSSR count). The van der Waals surface area contributed by atoms with Crippen molar-refractivity contribution >= 4 is 0 Å². The minimum Gasteiger partial charge on any atom is -0.298 e. The zero-order chi connectivity index (χ0) is 10.1. The molecule has 0 atom stereocenters. The first kappa shape index (κ1) is 8.81. The third-order valence-electron chi connectivity index (χ3n) is 2.41. The fraction of sp³-hybridized carbons (Fsp3) is 0.182. The molecule has 0 aliphatic carbocycles. The van der Waals surface area contributed by atoms with Crippen molar-refractivity contribution in [2.45, 2.75) is 13.8 Å². The Morgan fingerprint density at radius 2 is 1.79 bits per heavy atom. The van der Waals surface area contributed by atoms with E-state index in [1.54, 1.807) is 6.07 Å². The molecule has 0 fully saturated rings. The monoisotopic (exact) mass is 188 g/mol. The Morgan fingerprint density at radius 1 is 1.00 bits per heavy atom. The van der Waals surface area contributed by atoms with Crippen molar-refractivity contribution in [2.75, 3.05) is 0 Å². The zero-order valence-electron chi connectivity index (χ0n) is 8.22. The molecule has 1 aromatic carbocycles. The van der Waals surface area contributed by atoms with Gasteiger partial charge < -0.3 is 0 Å². The highest BCUT2D eigenvalue weighted by molar-refractivity contribution is 5.60. The normalized spacial score (nSPS) is 10.4. The Hall–Kier alpha value is -1.77. The molecule has 0 radical (unpaired) electrons. The van der Waals surface area contributed by atoms with Gasteiger partial charge in [0, 0.05) is 6.07 Å². The molecule has 0 spiro atoms. The third kappa shape index (κ3) is 1.48. The van der Waals surface area contributed by atoms with Crippen LogP contribution in [0.4, 0.5) is 0 Å². The Labute approximate surface area is 81.8 Å². The Bertz CT molecular complexity index is 508. The molecule has 3 nitrogen and oxygen atoms in total. The largest absolute Gasteiger partial charge is 0.298 e. The molecule has 3 heteroatoms. The summed E-state index contributed by atoms with van der Waals surface area (Å²) in [6.45, 7) is 4.13. The van der Waals surface area contributed by atoms with E-state index in [0.717, 1.165) is 11.3 Å². The highest BCUT2D eigenvalue weighted by atomic mass is 16.1. The van der Waals surface area contributed by atoms with E-state index in [0.29, 0.717) is 0 Å². The Balaban J connectivity index is 2.52. The smallest absolute Gasteiger partial charge is 0.264 e. The van der Waals surface area contributed by atoms with Crippen LogP contribution in [0.2, 0.25) is 0 Å². The SMILES string of the molecule is Cc1ccc(-c2cc(=O)[nH][nH]2)cc1C. The summed E-state index contributed by atoms with van der Waals surface area (Å²) in [7, 11) is 0. The maximum Gasteiger partial charge on any atom is 0.264 e. The van der Waals surface area contributed by atoms with Gasteiger partial charge in [-0.15, -0.1) is 0 Å². The average Bonchev–Trinajstić information content (AvgIpc) is 2.57. The lowest BCUT2D eigenvalue weighted by molar-refractivity contribution is 1.06. The van der Waals surface area contributed by atoms with Gasteiger partial charge in [0.2, 0.25) is 0 Å². The van der Waals surface area contributed by atoms with E-state index in [9.17, 15) is 4.79 Å². The van der Waals surface area contributed by atoms with Crippen molar-refractivity contribution in [3.8, 4) is 11.3 Å². The summed E-state index contributed by atoms with van der Waals surface area (Å²) in [6.07, 6.45) is 0. The Morgan fingerprint density at radius 3 is 2.36 bits per heavy atom. The van der Waals surface area contributed by atoms with E-state index >= 15 is 0 Å². The van der Waals surface area contributed by atoms with Gasteiger partial charge in [0.15, 0.2) is 0 Å². The molecular formula is C11H12N2O. The van der Waals surface area contributed by atoms with Crippen LogP contribution in [-0.2, 0) is 0 Å². The van der Waals surface area contributed by atoms with Gasteiger partial charge in [0.05, 0.1) is 5.69 Å². The fourth-order valence-corrected chi connectivity index (χ4v) is 1.40. The molecule has 2 aromatic rings.